The lowest BCUT2D eigenvalue weighted by Gasteiger charge is -2.31. The second-order valence-corrected chi connectivity index (χ2v) is 8.90. The third-order valence-corrected chi connectivity index (χ3v) is 5.58. The lowest BCUT2D eigenvalue weighted by Crippen LogP contribution is -2.32. The molecule has 4 rings (SSSR count). The number of nitrogens with zero attached hydrogens (tertiary/aromatic N) is 3. The number of fused-ring (bicyclic) bond motifs is 1. The molecule has 0 amide bonds. The summed E-state index contributed by atoms with van der Waals surface area (Å²) in [5.74, 6) is 1.30. The van der Waals surface area contributed by atoms with E-state index >= 15 is 0 Å². The standard InChI is InChI=1S/C18H21FIN5/c1-18(19,20)15-10-21-17(23-15)12-5-7-25(8-6-12)11-14-4-2-3-13-9-22-24-16(13)14/h2-4,9-10,12H,5-8,11H2,1H3,(H,21,23)(H,22,24). The number of imidazole rings is 1. The molecule has 5 nitrogen and oxygen atoms in total. The zero-order chi connectivity index (χ0) is 17.4. The second kappa shape index (κ2) is 6.68. The fourth-order valence-corrected chi connectivity index (χ4v) is 3.81. The largest absolute Gasteiger partial charge is 0.342 e. The fraction of sp³-hybridized carbons (Fsp3) is 0.444. The molecular formula is C18H21FIN5. The first-order valence-electron chi connectivity index (χ1n) is 8.57. The molecule has 25 heavy (non-hydrogen) atoms. The number of nitrogens with one attached hydrogen (secondary N) is 2. The molecule has 0 spiro atoms. The molecule has 1 aromatic carbocycles. The highest BCUT2D eigenvalue weighted by atomic mass is 127. The van der Waals surface area contributed by atoms with Gasteiger partial charge in [0.05, 0.1) is 23.6 Å². The van der Waals surface area contributed by atoms with Gasteiger partial charge >= 0.3 is 0 Å². The monoisotopic (exact) mass is 453 g/mol. The minimum absolute atomic E-state index is 0.381. The molecule has 1 unspecified atom stereocenters. The Morgan fingerprint density at radius 1 is 1.32 bits per heavy atom. The van der Waals surface area contributed by atoms with Crippen LogP contribution >= 0.6 is 22.6 Å². The highest BCUT2D eigenvalue weighted by Gasteiger charge is 2.27. The van der Waals surface area contributed by atoms with Crippen molar-refractivity contribution in [1.29, 1.82) is 0 Å². The van der Waals surface area contributed by atoms with E-state index in [9.17, 15) is 4.39 Å². The summed E-state index contributed by atoms with van der Waals surface area (Å²) in [7, 11) is 0. The number of aromatic nitrogens is 4. The van der Waals surface area contributed by atoms with Crippen LogP contribution < -0.4 is 0 Å². The van der Waals surface area contributed by atoms with Crippen molar-refractivity contribution in [3.8, 4) is 0 Å². The van der Waals surface area contributed by atoms with E-state index in [-0.39, 0.29) is 0 Å². The van der Waals surface area contributed by atoms with Crippen molar-refractivity contribution in [2.24, 2.45) is 0 Å². The van der Waals surface area contributed by atoms with Gasteiger partial charge in [-0.15, -0.1) is 0 Å². The number of piperidine rings is 1. The molecule has 0 radical (unpaired) electrons. The molecule has 0 bridgehead atoms. The molecule has 132 valence electrons. The zero-order valence-corrected chi connectivity index (χ0v) is 16.3. The molecule has 0 saturated carbocycles. The van der Waals surface area contributed by atoms with Crippen LogP contribution in [0.25, 0.3) is 10.9 Å². The minimum Gasteiger partial charge on any atom is -0.342 e. The number of likely N-dealkylation sites (tertiary alicyclic amines) is 1. The number of halogens is 2. The predicted molar refractivity (Wildman–Crippen MR) is 104 cm³/mol. The number of benzene rings is 1. The van der Waals surface area contributed by atoms with Crippen LogP contribution in [0.3, 0.4) is 0 Å². The van der Waals surface area contributed by atoms with Gasteiger partial charge in [0, 0.05) is 17.8 Å². The number of para-hydroxylation sites is 1. The van der Waals surface area contributed by atoms with E-state index in [0.29, 0.717) is 11.6 Å². The van der Waals surface area contributed by atoms with Crippen molar-refractivity contribution in [2.75, 3.05) is 13.1 Å². The highest BCUT2D eigenvalue weighted by molar-refractivity contribution is 14.1. The summed E-state index contributed by atoms with van der Waals surface area (Å²) in [5, 5.41) is 8.40. The maximum absolute atomic E-state index is 14.0. The Morgan fingerprint density at radius 2 is 2.12 bits per heavy atom. The average molecular weight is 453 g/mol. The van der Waals surface area contributed by atoms with E-state index in [4.69, 9.17) is 0 Å². The smallest absolute Gasteiger partial charge is 0.199 e. The Bertz CT molecular complexity index is 858. The summed E-state index contributed by atoms with van der Waals surface area (Å²) >= 11 is 1.79. The van der Waals surface area contributed by atoms with Crippen molar-refractivity contribution in [1.82, 2.24) is 25.1 Å². The Balaban J connectivity index is 1.40. The number of hydrogen-bond donors (Lipinski definition) is 2. The van der Waals surface area contributed by atoms with Crippen LogP contribution in [0.5, 0.6) is 0 Å². The lowest BCUT2D eigenvalue weighted by molar-refractivity contribution is 0.202. The molecule has 0 aliphatic carbocycles. The van der Waals surface area contributed by atoms with E-state index < -0.39 is 3.68 Å². The van der Waals surface area contributed by atoms with E-state index in [2.05, 4.69) is 43.3 Å². The quantitative estimate of drug-likeness (QED) is 0.459. The van der Waals surface area contributed by atoms with Gasteiger partial charge in [0.2, 0.25) is 0 Å². The van der Waals surface area contributed by atoms with E-state index in [1.807, 2.05) is 6.20 Å². The second-order valence-electron chi connectivity index (χ2n) is 6.87. The molecule has 1 aliphatic rings. The summed E-state index contributed by atoms with van der Waals surface area (Å²) in [6, 6.07) is 6.32. The number of hydrogen-bond acceptors (Lipinski definition) is 3. The van der Waals surface area contributed by atoms with Gasteiger partial charge in [0.15, 0.2) is 3.68 Å². The normalized spacial score (nSPS) is 19.3. The van der Waals surface area contributed by atoms with Crippen molar-refractivity contribution < 1.29 is 4.39 Å². The first kappa shape index (κ1) is 17.0. The maximum Gasteiger partial charge on any atom is 0.199 e. The van der Waals surface area contributed by atoms with Gasteiger partial charge < -0.3 is 4.98 Å². The first-order chi connectivity index (χ1) is 12.0. The molecule has 3 heterocycles. The van der Waals surface area contributed by atoms with Gasteiger partial charge in [-0.1, -0.05) is 18.2 Å². The third-order valence-electron chi connectivity index (χ3n) is 5.00. The number of H-pyrrole nitrogens is 2. The molecule has 1 aliphatic heterocycles. The van der Waals surface area contributed by atoms with Gasteiger partial charge in [-0.25, -0.2) is 9.37 Å². The van der Waals surface area contributed by atoms with E-state index in [1.165, 1.54) is 5.56 Å². The third kappa shape index (κ3) is 3.57. The van der Waals surface area contributed by atoms with E-state index in [1.54, 1.807) is 35.7 Å². The van der Waals surface area contributed by atoms with Gasteiger partial charge in [-0.05, 0) is 61.0 Å². The molecular weight excluding hydrogens is 432 g/mol. The molecule has 3 aromatic rings. The maximum atomic E-state index is 14.0. The SMILES string of the molecule is CC(F)(I)c1cnc(C2CCN(Cc3cccc4cn[nH]c34)CC2)[nH]1. The molecule has 2 aromatic heterocycles. The predicted octanol–water partition coefficient (Wildman–Crippen LogP) is 4.24. The Kier molecular flexibility index (Phi) is 4.53. The molecule has 7 heteroatoms. The van der Waals surface area contributed by atoms with Crippen LogP contribution in [0.2, 0.25) is 0 Å². The van der Waals surface area contributed by atoms with Crippen LogP contribution in [-0.4, -0.2) is 38.2 Å². The van der Waals surface area contributed by atoms with Crippen molar-refractivity contribution >= 4 is 33.5 Å². The highest BCUT2D eigenvalue weighted by Crippen LogP contribution is 2.34. The summed E-state index contributed by atoms with van der Waals surface area (Å²) in [6.45, 7) is 4.50. The summed E-state index contributed by atoms with van der Waals surface area (Å²) in [6.07, 6.45) is 5.57. The number of alkyl halides is 2. The van der Waals surface area contributed by atoms with Crippen LogP contribution in [0.1, 0.15) is 42.8 Å². The van der Waals surface area contributed by atoms with Gasteiger partial charge in [-0.2, -0.15) is 5.10 Å². The van der Waals surface area contributed by atoms with Crippen LogP contribution in [0.15, 0.2) is 30.6 Å². The molecule has 2 N–H and O–H groups in total. The molecule has 1 fully saturated rings. The van der Waals surface area contributed by atoms with Gasteiger partial charge in [-0.3, -0.25) is 10.00 Å². The van der Waals surface area contributed by atoms with Crippen molar-refractivity contribution in [3.63, 3.8) is 0 Å². The van der Waals surface area contributed by atoms with Crippen molar-refractivity contribution in [3.05, 3.63) is 47.7 Å². The van der Waals surface area contributed by atoms with Crippen LogP contribution in [0, 0.1) is 0 Å². The van der Waals surface area contributed by atoms with E-state index in [0.717, 1.165) is 49.2 Å². The summed E-state index contributed by atoms with van der Waals surface area (Å²) in [5.41, 5.74) is 2.97. The molecule has 1 atom stereocenters. The topological polar surface area (TPSA) is 60.6 Å². The fourth-order valence-electron chi connectivity index (χ4n) is 3.53. The number of aromatic amines is 2. The van der Waals surface area contributed by atoms with Gasteiger partial charge in [0.1, 0.15) is 5.82 Å². The molecule has 1 saturated heterocycles. The first-order valence-corrected chi connectivity index (χ1v) is 9.65. The Labute approximate surface area is 159 Å². The minimum atomic E-state index is -1.40. The lowest BCUT2D eigenvalue weighted by atomic mass is 9.95. The van der Waals surface area contributed by atoms with Gasteiger partial charge in [0.25, 0.3) is 0 Å². The zero-order valence-electron chi connectivity index (χ0n) is 14.1. The summed E-state index contributed by atoms with van der Waals surface area (Å²) in [4.78, 5) is 10.1. The summed E-state index contributed by atoms with van der Waals surface area (Å²) < 4.78 is 12.6. The average Bonchev–Trinajstić information content (AvgIpc) is 3.25. The number of rotatable bonds is 4. The Hall–Kier alpha value is -1.48. The van der Waals surface area contributed by atoms with Crippen molar-refractivity contribution in [2.45, 2.75) is 35.9 Å². The van der Waals surface area contributed by atoms with Crippen LogP contribution in [-0.2, 0) is 10.2 Å². The Morgan fingerprint density at radius 3 is 2.84 bits per heavy atom. The van der Waals surface area contributed by atoms with Crippen LogP contribution in [0.4, 0.5) is 4.39 Å².